The van der Waals surface area contributed by atoms with Gasteiger partial charge in [-0.25, -0.2) is 13.4 Å². The lowest BCUT2D eigenvalue weighted by Crippen LogP contribution is -2.10. The smallest absolute Gasteiger partial charge is 0.184 e. The molecule has 2 N–H and O–H groups in total. The zero-order chi connectivity index (χ0) is 17.3. The summed E-state index contributed by atoms with van der Waals surface area (Å²) < 4.78 is 26.3. The molecule has 24 heavy (non-hydrogen) atoms. The van der Waals surface area contributed by atoms with E-state index in [4.69, 9.17) is 5.73 Å². The van der Waals surface area contributed by atoms with Crippen LogP contribution >= 0.6 is 0 Å². The van der Waals surface area contributed by atoms with Crippen LogP contribution in [-0.4, -0.2) is 38.9 Å². The lowest BCUT2D eigenvalue weighted by atomic mass is 10.3. The Bertz CT molecular complexity index is 982. The molecule has 0 spiro atoms. The first kappa shape index (κ1) is 16.1. The summed E-state index contributed by atoms with van der Waals surface area (Å²) in [5, 5.41) is 8.22. The van der Waals surface area contributed by atoms with Gasteiger partial charge in [-0.05, 0) is 24.3 Å². The van der Waals surface area contributed by atoms with Gasteiger partial charge in [-0.15, -0.1) is 10.2 Å². The van der Waals surface area contributed by atoms with Crippen molar-refractivity contribution in [1.29, 1.82) is 0 Å². The summed E-state index contributed by atoms with van der Waals surface area (Å²) >= 11 is 0. The predicted molar refractivity (Wildman–Crippen MR) is 89.6 cm³/mol. The van der Waals surface area contributed by atoms with Crippen LogP contribution < -0.4 is 5.73 Å². The van der Waals surface area contributed by atoms with Crippen LogP contribution in [0.3, 0.4) is 0 Å². The van der Waals surface area contributed by atoms with Gasteiger partial charge in [0.2, 0.25) is 0 Å². The molecule has 0 aliphatic carbocycles. The quantitative estimate of drug-likeness (QED) is 0.758. The zero-order valence-electron chi connectivity index (χ0n) is 13.2. The summed E-state index contributed by atoms with van der Waals surface area (Å²) in [6.45, 7) is 1.57. The first-order valence-corrected chi connectivity index (χ1v) is 8.89. The lowest BCUT2D eigenvalue weighted by molar-refractivity contribution is 0.597. The Labute approximate surface area is 139 Å². The predicted octanol–water partition coefficient (Wildman–Crippen LogP) is 1.31. The molecule has 9 heteroatoms. The van der Waals surface area contributed by atoms with E-state index >= 15 is 0 Å². The molecule has 3 rings (SSSR count). The Balaban J connectivity index is 2.21. The number of hydrogen-bond acceptors (Lipinski definition) is 7. The second kappa shape index (κ2) is 6.00. The molecular weight excluding hydrogens is 328 g/mol. The lowest BCUT2D eigenvalue weighted by Gasteiger charge is -2.09. The highest BCUT2D eigenvalue weighted by Crippen LogP contribution is 2.28. The molecule has 3 heterocycles. The molecule has 0 radical (unpaired) electrons. The Hall–Kier alpha value is -2.81. The van der Waals surface area contributed by atoms with E-state index in [1.165, 1.54) is 12.1 Å². The van der Waals surface area contributed by atoms with Crippen molar-refractivity contribution in [3.63, 3.8) is 0 Å². The summed E-state index contributed by atoms with van der Waals surface area (Å²) in [4.78, 5) is 8.50. The maximum atomic E-state index is 12.3. The van der Waals surface area contributed by atoms with Crippen LogP contribution in [-0.2, 0) is 16.9 Å². The summed E-state index contributed by atoms with van der Waals surface area (Å²) in [6.07, 6.45) is 1.65. The van der Waals surface area contributed by atoms with Crippen molar-refractivity contribution in [3.8, 4) is 23.0 Å². The van der Waals surface area contributed by atoms with Gasteiger partial charge in [0.1, 0.15) is 17.2 Å². The molecule has 0 aliphatic heterocycles. The van der Waals surface area contributed by atoms with Crippen LogP contribution in [0, 0.1) is 0 Å². The average Bonchev–Trinajstić information content (AvgIpc) is 2.97. The molecular formula is C15H16N6O2S. The number of aromatic nitrogens is 5. The van der Waals surface area contributed by atoms with Crippen LogP contribution in [0.25, 0.3) is 23.0 Å². The van der Waals surface area contributed by atoms with E-state index in [9.17, 15) is 8.42 Å². The standard InChI is InChI=1S/C15H16N6O2S/c1-3-24(22,23)11-7-8-12(16)18-13(11)15-20-19-14(21(15)2)10-6-4-5-9-17-10/h4-9H,3H2,1-2H3,(H2,16,18). The normalized spacial score (nSPS) is 11.6. The molecule has 0 aliphatic rings. The zero-order valence-corrected chi connectivity index (χ0v) is 14.0. The minimum Gasteiger partial charge on any atom is -0.384 e. The van der Waals surface area contributed by atoms with E-state index in [0.29, 0.717) is 17.3 Å². The molecule has 0 aromatic carbocycles. The Morgan fingerprint density at radius 2 is 1.88 bits per heavy atom. The van der Waals surface area contributed by atoms with Crippen molar-refractivity contribution in [2.75, 3.05) is 11.5 Å². The fourth-order valence-corrected chi connectivity index (χ4v) is 3.30. The number of nitrogens with zero attached hydrogens (tertiary/aromatic N) is 5. The van der Waals surface area contributed by atoms with E-state index in [1.807, 2.05) is 6.07 Å². The van der Waals surface area contributed by atoms with E-state index < -0.39 is 9.84 Å². The third-order valence-electron chi connectivity index (χ3n) is 3.58. The molecule has 3 aromatic rings. The Morgan fingerprint density at radius 1 is 1.12 bits per heavy atom. The summed E-state index contributed by atoms with van der Waals surface area (Å²) in [5.74, 6) is 0.989. The maximum Gasteiger partial charge on any atom is 0.184 e. The monoisotopic (exact) mass is 344 g/mol. The van der Waals surface area contributed by atoms with Crippen LogP contribution in [0.15, 0.2) is 41.4 Å². The van der Waals surface area contributed by atoms with Gasteiger partial charge >= 0.3 is 0 Å². The van der Waals surface area contributed by atoms with E-state index in [0.717, 1.165) is 0 Å². The topological polar surface area (TPSA) is 117 Å². The molecule has 0 unspecified atom stereocenters. The number of pyridine rings is 2. The van der Waals surface area contributed by atoms with E-state index in [1.54, 1.807) is 36.9 Å². The van der Waals surface area contributed by atoms with Crippen LogP contribution in [0.1, 0.15) is 6.92 Å². The van der Waals surface area contributed by atoms with Crippen molar-refractivity contribution >= 4 is 15.7 Å². The van der Waals surface area contributed by atoms with Crippen molar-refractivity contribution in [1.82, 2.24) is 24.7 Å². The number of nitrogen functional groups attached to an aromatic ring is 1. The largest absolute Gasteiger partial charge is 0.384 e. The highest BCUT2D eigenvalue weighted by molar-refractivity contribution is 7.91. The fraction of sp³-hybridized carbons (Fsp3) is 0.200. The van der Waals surface area contributed by atoms with Crippen LogP contribution in [0.5, 0.6) is 0 Å². The number of nitrogens with two attached hydrogens (primary N) is 1. The van der Waals surface area contributed by atoms with Crippen molar-refractivity contribution in [3.05, 3.63) is 36.5 Å². The molecule has 8 nitrogen and oxygen atoms in total. The summed E-state index contributed by atoms with van der Waals surface area (Å²) in [6, 6.07) is 8.34. The van der Waals surface area contributed by atoms with E-state index in [2.05, 4.69) is 20.2 Å². The highest BCUT2D eigenvalue weighted by Gasteiger charge is 2.24. The second-order valence-corrected chi connectivity index (χ2v) is 7.35. The van der Waals surface area contributed by atoms with Gasteiger partial charge in [0, 0.05) is 13.2 Å². The van der Waals surface area contributed by atoms with Gasteiger partial charge in [0.05, 0.1) is 10.6 Å². The van der Waals surface area contributed by atoms with E-state index in [-0.39, 0.29) is 22.2 Å². The summed E-state index contributed by atoms with van der Waals surface area (Å²) in [5.41, 5.74) is 6.56. The van der Waals surface area contributed by atoms with Crippen molar-refractivity contribution in [2.45, 2.75) is 11.8 Å². The molecule has 0 fully saturated rings. The maximum absolute atomic E-state index is 12.3. The number of sulfone groups is 1. The van der Waals surface area contributed by atoms with Crippen LogP contribution in [0.2, 0.25) is 0 Å². The highest BCUT2D eigenvalue weighted by atomic mass is 32.2. The Morgan fingerprint density at radius 3 is 2.54 bits per heavy atom. The second-order valence-electron chi connectivity index (χ2n) is 5.11. The molecule has 124 valence electrons. The van der Waals surface area contributed by atoms with Gasteiger partial charge in [0.15, 0.2) is 21.5 Å². The van der Waals surface area contributed by atoms with Gasteiger partial charge in [0.25, 0.3) is 0 Å². The van der Waals surface area contributed by atoms with Gasteiger partial charge in [-0.1, -0.05) is 13.0 Å². The van der Waals surface area contributed by atoms with Gasteiger partial charge < -0.3 is 10.3 Å². The first-order valence-electron chi connectivity index (χ1n) is 7.24. The molecule has 3 aromatic heterocycles. The van der Waals surface area contributed by atoms with Crippen molar-refractivity contribution in [2.24, 2.45) is 7.05 Å². The van der Waals surface area contributed by atoms with Crippen LogP contribution in [0.4, 0.5) is 5.82 Å². The third kappa shape index (κ3) is 2.73. The van der Waals surface area contributed by atoms with Crippen molar-refractivity contribution < 1.29 is 8.42 Å². The minimum absolute atomic E-state index is 0.0451. The third-order valence-corrected chi connectivity index (χ3v) is 5.34. The molecule has 0 amide bonds. The molecule has 0 saturated carbocycles. The Kier molecular flexibility index (Phi) is 4.02. The number of anilines is 1. The number of rotatable bonds is 4. The summed E-state index contributed by atoms with van der Waals surface area (Å²) in [7, 11) is -1.75. The molecule has 0 atom stereocenters. The first-order chi connectivity index (χ1) is 11.4. The molecule has 0 bridgehead atoms. The molecule has 0 saturated heterocycles. The fourth-order valence-electron chi connectivity index (χ4n) is 2.28. The minimum atomic E-state index is -3.48. The van der Waals surface area contributed by atoms with Gasteiger partial charge in [-0.3, -0.25) is 4.98 Å². The average molecular weight is 344 g/mol. The van der Waals surface area contributed by atoms with Gasteiger partial charge in [-0.2, -0.15) is 0 Å². The SMILES string of the molecule is CCS(=O)(=O)c1ccc(N)nc1-c1nnc(-c2ccccn2)n1C. The number of hydrogen-bond donors (Lipinski definition) is 1.